The van der Waals surface area contributed by atoms with Crippen molar-refractivity contribution in [3.05, 3.63) is 12.2 Å². The lowest BCUT2D eigenvalue weighted by Crippen LogP contribution is -2.26. The minimum absolute atomic E-state index is 0.319. The molecule has 0 spiro atoms. The van der Waals surface area contributed by atoms with Crippen LogP contribution in [-0.4, -0.2) is 21.7 Å². The van der Waals surface area contributed by atoms with E-state index >= 15 is 0 Å². The van der Waals surface area contributed by atoms with Gasteiger partial charge >= 0.3 is 0 Å². The summed E-state index contributed by atoms with van der Waals surface area (Å²) in [6.07, 6.45) is 1.52. The van der Waals surface area contributed by atoms with Crippen LogP contribution in [0, 0.1) is 5.41 Å². The fourth-order valence-electron chi connectivity index (χ4n) is 0.872. The van der Waals surface area contributed by atoms with Gasteiger partial charge in [-0.05, 0) is 5.41 Å². The Morgan fingerprint density at radius 2 is 2.25 bits per heavy atom. The van der Waals surface area contributed by atoms with Crippen LogP contribution in [0.2, 0.25) is 0 Å². The smallest absolute Gasteiger partial charge is 0.138 e. The van der Waals surface area contributed by atoms with E-state index in [2.05, 4.69) is 41.3 Å². The van der Waals surface area contributed by atoms with E-state index in [9.17, 15) is 0 Å². The van der Waals surface area contributed by atoms with Crippen molar-refractivity contribution in [1.82, 2.24) is 20.5 Å². The average molecular weight is 168 g/mol. The second-order valence-electron chi connectivity index (χ2n) is 4.10. The zero-order valence-corrected chi connectivity index (χ0v) is 7.89. The highest BCUT2D eigenvalue weighted by molar-refractivity contribution is 4.79. The van der Waals surface area contributed by atoms with Gasteiger partial charge in [-0.3, -0.25) is 5.10 Å². The van der Waals surface area contributed by atoms with Crippen molar-refractivity contribution in [2.24, 2.45) is 5.41 Å². The molecule has 1 rings (SSSR count). The minimum Gasteiger partial charge on any atom is -0.309 e. The molecule has 0 radical (unpaired) electrons. The van der Waals surface area contributed by atoms with Gasteiger partial charge in [0.2, 0.25) is 0 Å². The average Bonchev–Trinajstić information content (AvgIpc) is 2.36. The molecular formula is C8H16N4. The summed E-state index contributed by atoms with van der Waals surface area (Å²) >= 11 is 0. The first-order valence-electron chi connectivity index (χ1n) is 4.13. The van der Waals surface area contributed by atoms with E-state index in [0.717, 1.165) is 18.9 Å². The van der Waals surface area contributed by atoms with Crippen LogP contribution in [0.1, 0.15) is 26.6 Å². The van der Waals surface area contributed by atoms with E-state index in [1.165, 1.54) is 6.33 Å². The molecule has 4 nitrogen and oxygen atoms in total. The topological polar surface area (TPSA) is 53.6 Å². The second-order valence-corrected chi connectivity index (χ2v) is 4.10. The third-order valence-corrected chi connectivity index (χ3v) is 1.41. The number of aromatic nitrogens is 3. The summed E-state index contributed by atoms with van der Waals surface area (Å²) in [4.78, 5) is 4.01. The highest BCUT2D eigenvalue weighted by Gasteiger charge is 2.08. The van der Waals surface area contributed by atoms with Gasteiger partial charge in [-0.25, -0.2) is 4.98 Å². The first-order valence-corrected chi connectivity index (χ1v) is 4.13. The summed E-state index contributed by atoms with van der Waals surface area (Å²) in [5, 5.41) is 9.85. The van der Waals surface area contributed by atoms with Crippen molar-refractivity contribution < 1.29 is 0 Å². The Labute approximate surface area is 72.8 Å². The van der Waals surface area contributed by atoms with Gasteiger partial charge in [-0.15, -0.1) is 0 Å². The fraction of sp³-hybridized carbons (Fsp3) is 0.750. The Balaban J connectivity index is 2.20. The Morgan fingerprint density at radius 1 is 1.50 bits per heavy atom. The first kappa shape index (κ1) is 9.19. The number of rotatable bonds is 3. The van der Waals surface area contributed by atoms with Gasteiger partial charge in [0.25, 0.3) is 0 Å². The molecule has 0 saturated heterocycles. The van der Waals surface area contributed by atoms with Crippen LogP contribution >= 0.6 is 0 Å². The maximum absolute atomic E-state index is 4.01. The number of nitrogens with one attached hydrogen (secondary N) is 2. The number of aromatic amines is 1. The third kappa shape index (κ3) is 3.48. The molecule has 0 aliphatic carbocycles. The molecule has 12 heavy (non-hydrogen) atoms. The largest absolute Gasteiger partial charge is 0.309 e. The molecule has 1 heterocycles. The fourth-order valence-corrected chi connectivity index (χ4v) is 0.872. The predicted octanol–water partition coefficient (Wildman–Crippen LogP) is 0.940. The van der Waals surface area contributed by atoms with Crippen LogP contribution in [0.4, 0.5) is 0 Å². The lowest BCUT2D eigenvalue weighted by atomic mass is 9.97. The van der Waals surface area contributed by atoms with Crippen LogP contribution in [0.3, 0.4) is 0 Å². The van der Waals surface area contributed by atoms with E-state index in [1.54, 1.807) is 0 Å². The van der Waals surface area contributed by atoms with E-state index in [-0.39, 0.29) is 0 Å². The Bertz CT molecular complexity index is 209. The third-order valence-electron chi connectivity index (χ3n) is 1.41. The molecule has 68 valence electrons. The number of H-pyrrole nitrogens is 1. The standard InChI is InChI=1S/C8H16N4/c1-8(2,3)5-9-4-7-10-6-11-12-7/h6,9H,4-5H2,1-3H3,(H,10,11,12). The maximum Gasteiger partial charge on any atom is 0.138 e. The van der Waals surface area contributed by atoms with Gasteiger partial charge in [0.05, 0.1) is 6.54 Å². The molecule has 1 aromatic rings. The van der Waals surface area contributed by atoms with Gasteiger partial charge in [0.1, 0.15) is 12.2 Å². The molecule has 0 amide bonds. The van der Waals surface area contributed by atoms with Crippen LogP contribution in [0.15, 0.2) is 6.33 Å². The van der Waals surface area contributed by atoms with Gasteiger partial charge in [-0.1, -0.05) is 20.8 Å². The van der Waals surface area contributed by atoms with Gasteiger partial charge < -0.3 is 5.32 Å². The molecule has 0 aliphatic rings. The summed E-state index contributed by atoms with van der Waals surface area (Å²) in [5.41, 5.74) is 0.319. The van der Waals surface area contributed by atoms with Gasteiger partial charge in [0, 0.05) is 6.54 Å². The highest BCUT2D eigenvalue weighted by Crippen LogP contribution is 2.10. The molecule has 0 aliphatic heterocycles. The molecule has 2 N–H and O–H groups in total. The lowest BCUT2D eigenvalue weighted by molar-refractivity contribution is 0.377. The molecule has 0 bridgehead atoms. The van der Waals surface area contributed by atoms with Gasteiger partial charge in [0.15, 0.2) is 0 Å². The summed E-state index contributed by atoms with van der Waals surface area (Å²) < 4.78 is 0. The van der Waals surface area contributed by atoms with E-state index in [4.69, 9.17) is 0 Å². The Morgan fingerprint density at radius 3 is 2.75 bits per heavy atom. The highest BCUT2D eigenvalue weighted by atomic mass is 15.2. The molecule has 0 fully saturated rings. The Hall–Kier alpha value is -0.900. The summed E-state index contributed by atoms with van der Waals surface area (Å²) in [6.45, 7) is 8.33. The SMILES string of the molecule is CC(C)(C)CNCc1ncn[nH]1. The van der Waals surface area contributed by atoms with Crippen molar-refractivity contribution in [2.45, 2.75) is 27.3 Å². The minimum atomic E-state index is 0.319. The van der Waals surface area contributed by atoms with Crippen molar-refractivity contribution in [2.75, 3.05) is 6.54 Å². The normalized spacial score (nSPS) is 11.9. The van der Waals surface area contributed by atoms with Crippen LogP contribution in [0.25, 0.3) is 0 Å². The summed E-state index contributed by atoms with van der Waals surface area (Å²) in [6, 6.07) is 0. The number of nitrogens with zero attached hydrogens (tertiary/aromatic N) is 2. The summed E-state index contributed by atoms with van der Waals surface area (Å²) in [5.74, 6) is 0.888. The van der Waals surface area contributed by atoms with Crippen LogP contribution in [-0.2, 0) is 6.54 Å². The molecule has 1 aromatic heterocycles. The van der Waals surface area contributed by atoms with Crippen LogP contribution < -0.4 is 5.32 Å². The molecule has 0 unspecified atom stereocenters. The molecule has 0 aromatic carbocycles. The van der Waals surface area contributed by atoms with E-state index < -0.39 is 0 Å². The summed E-state index contributed by atoms with van der Waals surface area (Å²) in [7, 11) is 0. The molecule has 0 saturated carbocycles. The second kappa shape index (κ2) is 3.67. The quantitative estimate of drug-likeness (QED) is 0.706. The molecule has 0 atom stereocenters. The maximum atomic E-state index is 4.01. The lowest BCUT2D eigenvalue weighted by Gasteiger charge is -2.17. The monoisotopic (exact) mass is 168 g/mol. The van der Waals surface area contributed by atoms with Gasteiger partial charge in [-0.2, -0.15) is 5.10 Å². The predicted molar refractivity (Wildman–Crippen MR) is 47.5 cm³/mol. The number of hydrogen-bond donors (Lipinski definition) is 2. The van der Waals surface area contributed by atoms with Crippen molar-refractivity contribution in [3.63, 3.8) is 0 Å². The van der Waals surface area contributed by atoms with E-state index in [1.807, 2.05) is 0 Å². The van der Waals surface area contributed by atoms with Crippen molar-refractivity contribution in [3.8, 4) is 0 Å². The number of hydrogen-bond acceptors (Lipinski definition) is 3. The zero-order valence-electron chi connectivity index (χ0n) is 7.89. The zero-order chi connectivity index (χ0) is 9.03. The van der Waals surface area contributed by atoms with Crippen LogP contribution in [0.5, 0.6) is 0 Å². The van der Waals surface area contributed by atoms with Crippen molar-refractivity contribution in [1.29, 1.82) is 0 Å². The van der Waals surface area contributed by atoms with E-state index in [0.29, 0.717) is 5.41 Å². The van der Waals surface area contributed by atoms with Crippen molar-refractivity contribution >= 4 is 0 Å². The molecule has 4 heteroatoms. The Kier molecular flexibility index (Phi) is 2.81. The first-order chi connectivity index (χ1) is 5.58. The molecular weight excluding hydrogens is 152 g/mol.